The van der Waals surface area contributed by atoms with Crippen LogP contribution >= 0.6 is 0 Å². The van der Waals surface area contributed by atoms with Crippen molar-refractivity contribution in [2.45, 2.75) is 52.0 Å². The summed E-state index contributed by atoms with van der Waals surface area (Å²) in [4.78, 5) is 0. The van der Waals surface area contributed by atoms with Gasteiger partial charge in [0, 0.05) is 0 Å². The van der Waals surface area contributed by atoms with Gasteiger partial charge in [-0.3, -0.25) is 0 Å². The Bertz CT molecular complexity index is 119. The summed E-state index contributed by atoms with van der Waals surface area (Å²) in [6.07, 6.45) is 5.59. The Hall–Kier alpha value is 0.690. The zero-order valence-electron chi connectivity index (χ0n) is 7.86. The summed E-state index contributed by atoms with van der Waals surface area (Å²) in [5, 5.41) is 0. The second-order valence-electron chi connectivity index (χ2n) is 3.87. The van der Waals surface area contributed by atoms with Crippen molar-refractivity contribution in [3.63, 3.8) is 0 Å². The van der Waals surface area contributed by atoms with Crippen LogP contribution in [0, 0.1) is 0 Å². The minimum absolute atomic E-state index is 0.495. The van der Waals surface area contributed by atoms with Crippen molar-refractivity contribution < 1.29 is 21.5 Å². The summed E-state index contributed by atoms with van der Waals surface area (Å²) in [5.41, 5.74) is 0.544. The van der Waals surface area contributed by atoms with Gasteiger partial charge < -0.3 is 0 Å². The molecule has 1 rings (SSSR count). The van der Waals surface area contributed by atoms with Crippen molar-refractivity contribution in [3.05, 3.63) is 0 Å². The summed E-state index contributed by atoms with van der Waals surface area (Å²) in [6.45, 7) is 7.07. The molecule has 1 nitrogen and oxygen atoms in total. The van der Waals surface area contributed by atoms with E-state index in [9.17, 15) is 0 Å². The summed E-state index contributed by atoms with van der Waals surface area (Å²) < 4.78 is 4.11. The Morgan fingerprint density at radius 2 is 2.00 bits per heavy atom. The van der Waals surface area contributed by atoms with Gasteiger partial charge in [0.1, 0.15) is 0 Å². The first-order chi connectivity index (χ1) is 5.17. The molecule has 0 aromatic rings. The predicted octanol–water partition coefficient (Wildman–Crippen LogP) is -0.378. The zero-order valence-corrected chi connectivity index (χ0v) is 10.0. The molecule has 0 aromatic carbocycles. The van der Waals surface area contributed by atoms with E-state index >= 15 is 0 Å². The second-order valence-corrected chi connectivity index (χ2v) is 6.40. The predicted molar refractivity (Wildman–Crippen MR) is 44.9 cm³/mol. The van der Waals surface area contributed by atoms with Crippen molar-refractivity contribution in [2.75, 3.05) is 4.55 Å². The molecule has 1 fully saturated rings. The molecule has 68 valence electrons. The fourth-order valence-corrected chi connectivity index (χ4v) is 3.52. The van der Waals surface area contributed by atoms with E-state index in [1.54, 1.807) is 0 Å². The normalized spacial score (nSPS) is 24.5. The van der Waals surface area contributed by atoms with Crippen molar-refractivity contribution in [3.8, 4) is 0 Å². The average Bonchev–Trinajstić information content (AvgIpc) is 2.68. The van der Waals surface area contributed by atoms with E-state index in [0.29, 0.717) is 27.0 Å². The SMILES string of the molecule is CCCCCC(C)(C)N1C[I-]1. The average molecular weight is 268 g/mol. The Balaban J connectivity index is 2.12. The monoisotopic (exact) mass is 268 g/mol. The molecule has 0 radical (unpaired) electrons. The van der Waals surface area contributed by atoms with Crippen molar-refractivity contribution in [1.82, 2.24) is 3.11 Å². The molecule has 1 heterocycles. The van der Waals surface area contributed by atoms with Gasteiger partial charge in [-0.1, -0.05) is 0 Å². The molecule has 1 aliphatic rings. The molecule has 0 aromatic heterocycles. The molecular formula is C9H19IN-. The van der Waals surface area contributed by atoms with E-state index in [-0.39, 0.29) is 0 Å². The van der Waals surface area contributed by atoms with Crippen LogP contribution in [0.2, 0.25) is 0 Å². The number of halogens is 1. The van der Waals surface area contributed by atoms with E-state index in [1.807, 2.05) is 0 Å². The first kappa shape index (κ1) is 9.78. The molecular weight excluding hydrogens is 249 g/mol. The van der Waals surface area contributed by atoms with Gasteiger partial charge in [0.2, 0.25) is 0 Å². The minimum atomic E-state index is 0.495. The van der Waals surface area contributed by atoms with E-state index in [1.165, 1.54) is 30.2 Å². The molecule has 1 aliphatic heterocycles. The van der Waals surface area contributed by atoms with E-state index in [4.69, 9.17) is 0 Å². The second kappa shape index (κ2) is 4.08. The zero-order chi connectivity index (χ0) is 8.32. The van der Waals surface area contributed by atoms with Crippen LogP contribution in [-0.4, -0.2) is 13.2 Å². The van der Waals surface area contributed by atoms with Crippen LogP contribution in [-0.2, 0) is 0 Å². The molecule has 1 saturated heterocycles. The van der Waals surface area contributed by atoms with Gasteiger partial charge >= 0.3 is 81.1 Å². The van der Waals surface area contributed by atoms with Gasteiger partial charge in [-0.2, -0.15) is 0 Å². The Kier molecular flexibility index (Phi) is 3.62. The van der Waals surface area contributed by atoms with Crippen molar-refractivity contribution in [1.29, 1.82) is 0 Å². The third kappa shape index (κ3) is 3.28. The Morgan fingerprint density at radius 3 is 2.45 bits per heavy atom. The third-order valence-electron chi connectivity index (χ3n) is 2.29. The number of alkyl halides is 1. The Morgan fingerprint density at radius 1 is 1.36 bits per heavy atom. The fourth-order valence-electron chi connectivity index (χ4n) is 1.28. The summed E-state index contributed by atoms with van der Waals surface area (Å²) in [5.74, 6) is 0. The molecule has 0 N–H and O–H groups in total. The van der Waals surface area contributed by atoms with E-state index in [0.717, 1.165) is 0 Å². The standard InChI is InChI=1S/C9H19IN/c1-4-5-6-7-9(2,3)11-8-10-11/h4-8H2,1-3H3/q-1. The molecule has 11 heavy (non-hydrogen) atoms. The van der Waals surface area contributed by atoms with Crippen molar-refractivity contribution >= 4 is 0 Å². The molecule has 1 atom stereocenters. The van der Waals surface area contributed by atoms with Crippen LogP contribution in [0.3, 0.4) is 0 Å². The van der Waals surface area contributed by atoms with E-state index < -0.39 is 0 Å². The van der Waals surface area contributed by atoms with Gasteiger partial charge in [0.15, 0.2) is 0 Å². The molecule has 0 spiro atoms. The van der Waals surface area contributed by atoms with Crippen LogP contribution in [0.4, 0.5) is 0 Å². The molecule has 0 saturated carbocycles. The van der Waals surface area contributed by atoms with Crippen molar-refractivity contribution in [2.24, 2.45) is 0 Å². The van der Waals surface area contributed by atoms with Gasteiger partial charge in [0.05, 0.1) is 0 Å². The number of nitrogens with zero attached hydrogens (tertiary/aromatic N) is 1. The van der Waals surface area contributed by atoms with Crippen LogP contribution in [0.25, 0.3) is 0 Å². The van der Waals surface area contributed by atoms with E-state index in [2.05, 4.69) is 23.9 Å². The van der Waals surface area contributed by atoms with Gasteiger partial charge in [-0.15, -0.1) is 0 Å². The van der Waals surface area contributed by atoms with Crippen LogP contribution < -0.4 is 21.5 Å². The first-order valence-electron chi connectivity index (χ1n) is 4.54. The number of hydrogen-bond donors (Lipinski definition) is 0. The van der Waals surface area contributed by atoms with Gasteiger partial charge in [0.25, 0.3) is 0 Å². The topological polar surface area (TPSA) is 3.01 Å². The summed E-state index contributed by atoms with van der Waals surface area (Å²) in [7, 11) is 0. The number of hydrogen-bond acceptors (Lipinski definition) is 1. The van der Waals surface area contributed by atoms with Gasteiger partial charge in [-0.25, -0.2) is 0 Å². The van der Waals surface area contributed by atoms with Crippen LogP contribution in [0.5, 0.6) is 0 Å². The molecule has 1 unspecified atom stereocenters. The fraction of sp³-hybridized carbons (Fsp3) is 1.00. The summed E-state index contributed by atoms with van der Waals surface area (Å²) in [6, 6.07) is 0. The Labute approximate surface area is 81.2 Å². The number of unbranched alkanes of at least 4 members (excludes halogenated alkanes) is 2. The molecule has 0 aliphatic carbocycles. The maximum atomic E-state index is 2.67. The quantitative estimate of drug-likeness (QED) is 0.164. The summed E-state index contributed by atoms with van der Waals surface area (Å²) >= 11 is 0.495. The maximum absolute atomic E-state index is 2.67. The molecule has 0 bridgehead atoms. The van der Waals surface area contributed by atoms with Gasteiger partial charge in [-0.05, 0) is 0 Å². The molecule has 0 amide bonds. The third-order valence-corrected chi connectivity index (χ3v) is 4.96. The van der Waals surface area contributed by atoms with Crippen LogP contribution in [0.15, 0.2) is 0 Å². The number of rotatable bonds is 5. The van der Waals surface area contributed by atoms with Crippen LogP contribution in [0.1, 0.15) is 46.5 Å². The molecule has 2 heteroatoms. The first-order valence-corrected chi connectivity index (χ1v) is 7.03.